The molecule has 0 bridgehead atoms. The summed E-state index contributed by atoms with van der Waals surface area (Å²) in [7, 11) is 0. The minimum atomic E-state index is -0.155. The first-order valence-corrected chi connectivity index (χ1v) is 6.49. The molecular formula is C14H20N4. The normalized spacial score (nSPS) is 12.6. The highest BCUT2D eigenvalue weighted by atomic mass is 15.4. The van der Waals surface area contributed by atoms with Crippen LogP contribution >= 0.6 is 0 Å². The monoisotopic (exact) mass is 244 g/mol. The van der Waals surface area contributed by atoms with Crippen LogP contribution in [0.4, 0.5) is 0 Å². The van der Waals surface area contributed by atoms with Gasteiger partial charge in [-0.3, -0.25) is 0 Å². The second kappa shape index (κ2) is 5.78. The maximum Gasteiger partial charge on any atom is 0.0799 e. The fourth-order valence-electron chi connectivity index (χ4n) is 2.02. The summed E-state index contributed by atoms with van der Waals surface area (Å²) in [6, 6.07) is 8.28. The van der Waals surface area contributed by atoms with Crippen molar-refractivity contribution >= 4 is 0 Å². The Morgan fingerprint density at radius 1 is 1.22 bits per heavy atom. The number of rotatable bonds is 5. The topological polar surface area (TPSA) is 56.7 Å². The fraction of sp³-hybridized carbons (Fsp3) is 0.429. The van der Waals surface area contributed by atoms with Crippen LogP contribution in [0, 0.1) is 0 Å². The molecule has 0 spiro atoms. The van der Waals surface area contributed by atoms with Crippen molar-refractivity contribution in [3.05, 3.63) is 47.3 Å². The summed E-state index contributed by atoms with van der Waals surface area (Å²) in [4.78, 5) is 0. The van der Waals surface area contributed by atoms with E-state index in [1.165, 1.54) is 5.56 Å². The van der Waals surface area contributed by atoms with Gasteiger partial charge in [0.2, 0.25) is 0 Å². The SMILES string of the molecule is CCCn1nncc1C(N)c1ccc(CC)cc1. The van der Waals surface area contributed by atoms with Crippen LogP contribution in [-0.4, -0.2) is 15.0 Å². The third-order valence-electron chi connectivity index (χ3n) is 3.15. The Labute approximate surface area is 108 Å². The highest BCUT2D eigenvalue weighted by Gasteiger charge is 2.14. The molecule has 2 rings (SSSR count). The van der Waals surface area contributed by atoms with Crippen molar-refractivity contribution in [3.8, 4) is 0 Å². The first-order valence-electron chi connectivity index (χ1n) is 6.49. The molecule has 1 unspecified atom stereocenters. The largest absolute Gasteiger partial charge is 0.319 e. The van der Waals surface area contributed by atoms with Crippen molar-refractivity contribution in [2.24, 2.45) is 5.73 Å². The Balaban J connectivity index is 2.23. The van der Waals surface area contributed by atoms with Crippen LogP contribution in [0.3, 0.4) is 0 Å². The Kier molecular flexibility index (Phi) is 4.10. The Bertz CT molecular complexity index is 487. The Hall–Kier alpha value is -1.68. The molecule has 0 saturated heterocycles. The predicted molar refractivity (Wildman–Crippen MR) is 72.2 cm³/mol. The quantitative estimate of drug-likeness (QED) is 0.878. The van der Waals surface area contributed by atoms with Gasteiger partial charge in [-0.25, -0.2) is 4.68 Å². The first kappa shape index (κ1) is 12.8. The van der Waals surface area contributed by atoms with Crippen LogP contribution in [0.5, 0.6) is 0 Å². The van der Waals surface area contributed by atoms with Crippen LogP contribution in [0.1, 0.15) is 43.1 Å². The fourth-order valence-corrected chi connectivity index (χ4v) is 2.02. The zero-order valence-corrected chi connectivity index (χ0v) is 11.0. The minimum Gasteiger partial charge on any atom is -0.319 e. The molecule has 4 heteroatoms. The number of aryl methyl sites for hydroxylation is 2. The molecule has 1 aromatic carbocycles. The lowest BCUT2D eigenvalue weighted by Crippen LogP contribution is -2.17. The Morgan fingerprint density at radius 3 is 2.56 bits per heavy atom. The van der Waals surface area contributed by atoms with Crippen molar-refractivity contribution in [3.63, 3.8) is 0 Å². The number of nitrogens with two attached hydrogens (primary N) is 1. The molecule has 96 valence electrons. The molecule has 0 aliphatic carbocycles. The lowest BCUT2D eigenvalue weighted by molar-refractivity contribution is 0.543. The third-order valence-corrected chi connectivity index (χ3v) is 3.15. The summed E-state index contributed by atoms with van der Waals surface area (Å²) in [6.07, 6.45) is 3.83. The molecule has 18 heavy (non-hydrogen) atoms. The predicted octanol–water partition coefficient (Wildman–Crippen LogP) is 2.30. The smallest absolute Gasteiger partial charge is 0.0799 e. The zero-order valence-electron chi connectivity index (χ0n) is 11.0. The number of aromatic nitrogens is 3. The van der Waals surface area contributed by atoms with E-state index < -0.39 is 0 Å². The maximum atomic E-state index is 6.28. The molecule has 0 fully saturated rings. The van der Waals surface area contributed by atoms with Crippen molar-refractivity contribution in [2.45, 2.75) is 39.3 Å². The van der Waals surface area contributed by atoms with E-state index in [1.807, 2.05) is 4.68 Å². The summed E-state index contributed by atoms with van der Waals surface area (Å²) in [6.45, 7) is 5.12. The van der Waals surface area contributed by atoms with Gasteiger partial charge in [-0.1, -0.05) is 43.3 Å². The van der Waals surface area contributed by atoms with E-state index in [9.17, 15) is 0 Å². The second-order valence-electron chi connectivity index (χ2n) is 4.45. The van der Waals surface area contributed by atoms with E-state index >= 15 is 0 Å². The standard InChI is InChI=1S/C14H20N4/c1-3-9-18-13(10-16-17-18)14(15)12-7-5-11(4-2)6-8-12/h5-8,10,14H,3-4,9,15H2,1-2H3. The second-order valence-corrected chi connectivity index (χ2v) is 4.45. The van der Waals surface area contributed by atoms with E-state index in [0.29, 0.717) is 0 Å². The highest BCUT2D eigenvalue weighted by molar-refractivity contribution is 5.29. The molecule has 0 radical (unpaired) electrons. The van der Waals surface area contributed by atoms with Crippen molar-refractivity contribution in [2.75, 3.05) is 0 Å². The van der Waals surface area contributed by atoms with Gasteiger partial charge in [0.15, 0.2) is 0 Å². The summed E-state index contributed by atoms with van der Waals surface area (Å²) >= 11 is 0. The lowest BCUT2D eigenvalue weighted by atomic mass is 10.0. The average Bonchev–Trinajstić information content (AvgIpc) is 2.87. The van der Waals surface area contributed by atoms with Gasteiger partial charge in [0.05, 0.1) is 17.9 Å². The van der Waals surface area contributed by atoms with Gasteiger partial charge >= 0.3 is 0 Å². The molecule has 1 aromatic heterocycles. The first-order chi connectivity index (χ1) is 8.76. The van der Waals surface area contributed by atoms with E-state index in [2.05, 4.69) is 48.4 Å². The van der Waals surface area contributed by atoms with Gasteiger partial charge in [0, 0.05) is 6.54 Å². The van der Waals surface area contributed by atoms with Crippen LogP contribution in [-0.2, 0) is 13.0 Å². The molecule has 0 aliphatic rings. The molecule has 0 aliphatic heterocycles. The van der Waals surface area contributed by atoms with Crippen LogP contribution in [0.2, 0.25) is 0 Å². The summed E-state index contributed by atoms with van der Waals surface area (Å²) in [5.74, 6) is 0. The summed E-state index contributed by atoms with van der Waals surface area (Å²) in [5, 5.41) is 8.03. The van der Waals surface area contributed by atoms with Crippen molar-refractivity contribution < 1.29 is 0 Å². The van der Waals surface area contributed by atoms with E-state index in [1.54, 1.807) is 6.20 Å². The van der Waals surface area contributed by atoms with Gasteiger partial charge in [-0.05, 0) is 24.0 Å². The van der Waals surface area contributed by atoms with Gasteiger partial charge in [0.1, 0.15) is 0 Å². The molecule has 1 heterocycles. The van der Waals surface area contributed by atoms with E-state index in [0.717, 1.165) is 30.6 Å². The molecular weight excluding hydrogens is 224 g/mol. The molecule has 0 saturated carbocycles. The molecule has 1 atom stereocenters. The van der Waals surface area contributed by atoms with Crippen LogP contribution in [0.25, 0.3) is 0 Å². The lowest BCUT2D eigenvalue weighted by Gasteiger charge is -2.13. The Morgan fingerprint density at radius 2 is 1.94 bits per heavy atom. The van der Waals surface area contributed by atoms with Gasteiger partial charge in [-0.2, -0.15) is 0 Å². The molecule has 2 aromatic rings. The number of hydrogen-bond donors (Lipinski definition) is 1. The number of nitrogens with zero attached hydrogens (tertiary/aromatic N) is 3. The van der Waals surface area contributed by atoms with Crippen LogP contribution < -0.4 is 5.73 Å². The van der Waals surface area contributed by atoms with Crippen molar-refractivity contribution in [1.29, 1.82) is 0 Å². The molecule has 0 amide bonds. The number of hydrogen-bond acceptors (Lipinski definition) is 3. The molecule has 2 N–H and O–H groups in total. The summed E-state index contributed by atoms with van der Waals surface area (Å²) < 4.78 is 1.89. The molecule has 4 nitrogen and oxygen atoms in total. The van der Waals surface area contributed by atoms with Gasteiger partial charge in [-0.15, -0.1) is 5.10 Å². The average molecular weight is 244 g/mol. The minimum absolute atomic E-state index is 0.155. The van der Waals surface area contributed by atoms with Crippen molar-refractivity contribution in [1.82, 2.24) is 15.0 Å². The van der Waals surface area contributed by atoms with Gasteiger partial charge in [0.25, 0.3) is 0 Å². The number of benzene rings is 1. The third kappa shape index (κ3) is 2.59. The van der Waals surface area contributed by atoms with E-state index in [-0.39, 0.29) is 6.04 Å². The van der Waals surface area contributed by atoms with E-state index in [4.69, 9.17) is 5.73 Å². The van der Waals surface area contributed by atoms with Crippen LogP contribution in [0.15, 0.2) is 30.5 Å². The zero-order chi connectivity index (χ0) is 13.0. The maximum absolute atomic E-state index is 6.28. The highest BCUT2D eigenvalue weighted by Crippen LogP contribution is 2.19. The van der Waals surface area contributed by atoms with Gasteiger partial charge < -0.3 is 5.73 Å². The summed E-state index contributed by atoms with van der Waals surface area (Å²) in [5.41, 5.74) is 9.68.